The van der Waals surface area contributed by atoms with Crippen LogP contribution in [0.2, 0.25) is 0 Å². The van der Waals surface area contributed by atoms with Crippen LogP contribution in [0.1, 0.15) is 33.7 Å². The number of nitrogens with one attached hydrogen (secondary N) is 1. The number of hydrogen-bond donors (Lipinski definition) is 1. The van der Waals surface area contributed by atoms with Gasteiger partial charge in [0.05, 0.1) is 11.1 Å². The molecule has 0 spiro atoms. The van der Waals surface area contributed by atoms with Crippen LogP contribution in [0.3, 0.4) is 0 Å². The summed E-state index contributed by atoms with van der Waals surface area (Å²) in [6, 6.07) is 0.394. The van der Waals surface area contributed by atoms with Crippen LogP contribution >= 0.6 is 11.3 Å². The van der Waals surface area contributed by atoms with Crippen LogP contribution in [0, 0.1) is 5.92 Å². The molecule has 0 aliphatic carbocycles. The van der Waals surface area contributed by atoms with Gasteiger partial charge in [-0.05, 0) is 19.8 Å². The minimum atomic E-state index is 0.394. The van der Waals surface area contributed by atoms with Gasteiger partial charge in [-0.15, -0.1) is 0 Å². The lowest BCUT2D eigenvalue weighted by atomic mass is 10.2. The highest BCUT2D eigenvalue weighted by molar-refractivity contribution is 7.18. The molecule has 0 saturated carbocycles. The average molecular weight is 264 g/mol. The molecule has 0 fully saturated rings. The fraction of sp³-hybridized carbons (Fsp3) is 0.538. The van der Waals surface area contributed by atoms with E-state index in [2.05, 4.69) is 49.3 Å². The summed E-state index contributed by atoms with van der Waals surface area (Å²) in [5.74, 6) is 0.626. The Labute approximate surface area is 112 Å². The van der Waals surface area contributed by atoms with Crippen molar-refractivity contribution in [3.63, 3.8) is 0 Å². The van der Waals surface area contributed by atoms with Crippen LogP contribution < -0.4 is 5.32 Å². The van der Waals surface area contributed by atoms with Crippen molar-refractivity contribution in [3.8, 4) is 10.4 Å². The van der Waals surface area contributed by atoms with Crippen molar-refractivity contribution in [2.45, 2.75) is 33.7 Å². The van der Waals surface area contributed by atoms with Crippen molar-refractivity contribution in [1.29, 1.82) is 0 Å². The summed E-state index contributed by atoms with van der Waals surface area (Å²) in [6.45, 7) is 9.58. The molecular weight excluding hydrogens is 244 g/mol. The molecule has 2 heterocycles. The van der Waals surface area contributed by atoms with E-state index in [1.165, 1.54) is 0 Å². The third kappa shape index (κ3) is 3.10. The maximum absolute atomic E-state index is 4.39. The van der Waals surface area contributed by atoms with Gasteiger partial charge < -0.3 is 5.32 Å². The van der Waals surface area contributed by atoms with E-state index in [9.17, 15) is 0 Å². The fourth-order valence-electron chi connectivity index (χ4n) is 1.53. The summed E-state index contributed by atoms with van der Waals surface area (Å²) in [5.41, 5.74) is 1.14. The number of anilines is 1. The number of nitrogens with zero attached hydrogens (tertiary/aromatic N) is 3. The van der Waals surface area contributed by atoms with Crippen molar-refractivity contribution in [2.75, 3.05) is 11.9 Å². The maximum Gasteiger partial charge on any atom is 0.183 e. The molecule has 1 N–H and O–H groups in total. The Morgan fingerprint density at radius 2 is 2.06 bits per heavy atom. The molecule has 2 aromatic heterocycles. The molecule has 0 aromatic carbocycles. The molecule has 0 radical (unpaired) electrons. The lowest BCUT2D eigenvalue weighted by Crippen LogP contribution is -2.07. The summed E-state index contributed by atoms with van der Waals surface area (Å²) in [6.07, 6.45) is 5.89. The van der Waals surface area contributed by atoms with Gasteiger partial charge in [-0.1, -0.05) is 25.2 Å². The highest BCUT2D eigenvalue weighted by atomic mass is 32.1. The van der Waals surface area contributed by atoms with Gasteiger partial charge in [-0.2, -0.15) is 5.10 Å². The average Bonchev–Trinajstić information content (AvgIpc) is 2.95. The lowest BCUT2D eigenvalue weighted by molar-refractivity contribution is 0.532. The zero-order valence-electron chi connectivity index (χ0n) is 11.3. The van der Waals surface area contributed by atoms with E-state index in [0.717, 1.165) is 22.1 Å². The molecule has 2 aromatic rings. The molecule has 0 atom stereocenters. The fourth-order valence-corrected chi connectivity index (χ4v) is 2.33. The van der Waals surface area contributed by atoms with Gasteiger partial charge in [-0.3, -0.25) is 4.68 Å². The minimum Gasteiger partial charge on any atom is -0.361 e. The Hall–Kier alpha value is -1.36. The normalized spacial score (nSPS) is 11.4. The van der Waals surface area contributed by atoms with E-state index < -0.39 is 0 Å². The van der Waals surface area contributed by atoms with Gasteiger partial charge in [0.2, 0.25) is 0 Å². The highest BCUT2D eigenvalue weighted by Crippen LogP contribution is 2.29. The second kappa shape index (κ2) is 5.52. The van der Waals surface area contributed by atoms with E-state index in [4.69, 9.17) is 0 Å². The molecular formula is C13H20N4S. The van der Waals surface area contributed by atoms with Crippen molar-refractivity contribution in [2.24, 2.45) is 5.92 Å². The molecule has 0 bridgehead atoms. The van der Waals surface area contributed by atoms with Crippen LogP contribution in [0.5, 0.6) is 0 Å². The first-order valence-electron chi connectivity index (χ1n) is 6.30. The van der Waals surface area contributed by atoms with E-state index in [1.807, 2.05) is 17.1 Å². The van der Waals surface area contributed by atoms with Gasteiger partial charge in [0, 0.05) is 30.5 Å². The van der Waals surface area contributed by atoms with Gasteiger partial charge in [-0.25, -0.2) is 4.98 Å². The van der Waals surface area contributed by atoms with Gasteiger partial charge in [0.15, 0.2) is 5.13 Å². The summed E-state index contributed by atoms with van der Waals surface area (Å²) in [5, 5.41) is 8.68. The smallest absolute Gasteiger partial charge is 0.183 e. The van der Waals surface area contributed by atoms with Crippen molar-refractivity contribution < 1.29 is 0 Å². The van der Waals surface area contributed by atoms with E-state index >= 15 is 0 Å². The quantitative estimate of drug-likeness (QED) is 0.896. The van der Waals surface area contributed by atoms with Crippen molar-refractivity contribution >= 4 is 16.5 Å². The third-order valence-corrected chi connectivity index (χ3v) is 3.59. The molecule has 5 heteroatoms. The Bertz CT molecular complexity index is 499. The molecule has 0 aliphatic rings. The summed E-state index contributed by atoms with van der Waals surface area (Å²) in [4.78, 5) is 5.55. The largest absolute Gasteiger partial charge is 0.361 e. The molecule has 0 aliphatic heterocycles. The summed E-state index contributed by atoms with van der Waals surface area (Å²) < 4.78 is 1.97. The first kappa shape index (κ1) is 13.1. The first-order valence-corrected chi connectivity index (χ1v) is 7.12. The van der Waals surface area contributed by atoms with E-state index in [0.29, 0.717) is 12.0 Å². The summed E-state index contributed by atoms with van der Waals surface area (Å²) >= 11 is 1.68. The monoisotopic (exact) mass is 264 g/mol. The second-order valence-electron chi connectivity index (χ2n) is 5.11. The first-order chi connectivity index (χ1) is 8.56. The number of hydrogen-bond acceptors (Lipinski definition) is 4. The van der Waals surface area contributed by atoms with Crippen LogP contribution in [-0.2, 0) is 0 Å². The van der Waals surface area contributed by atoms with Gasteiger partial charge in [0.1, 0.15) is 0 Å². The lowest BCUT2D eigenvalue weighted by Gasteiger charge is -2.04. The second-order valence-corrected chi connectivity index (χ2v) is 6.14. The zero-order chi connectivity index (χ0) is 13.1. The molecule has 0 amide bonds. The molecule has 98 valence electrons. The maximum atomic E-state index is 4.39. The van der Waals surface area contributed by atoms with E-state index in [-0.39, 0.29) is 0 Å². The molecule has 0 saturated heterocycles. The predicted molar refractivity (Wildman–Crippen MR) is 77.0 cm³/mol. The Morgan fingerprint density at radius 3 is 2.67 bits per heavy atom. The Kier molecular flexibility index (Phi) is 4.01. The topological polar surface area (TPSA) is 42.7 Å². The number of aromatic nitrogens is 3. The zero-order valence-corrected chi connectivity index (χ0v) is 12.2. The molecule has 18 heavy (non-hydrogen) atoms. The van der Waals surface area contributed by atoms with Gasteiger partial charge in [0.25, 0.3) is 0 Å². The molecule has 0 unspecified atom stereocenters. The van der Waals surface area contributed by atoms with Gasteiger partial charge >= 0.3 is 0 Å². The Balaban J connectivity index is 2.08. The molecule has 4 nitrogen and oxygen atoms in total. The third-order valence-electron chi connectivity index (χ3n) is 2.58. The minimum absolute atomic E-state index is 0.394. The number of thiazole rings is 1. The SMILES string of the molecule is CC(C)CNc1ncc(-c2cnn(C(C)C)c2)s1. The Morgan fingerprint density at radius 1 is 1.28 bits per heavy atom. The highest BCUT2D eigenvalue weighted by Gasteiger charge is 2.08. The van der Waals surface area contributed by atoms with Crippen LogP contribution in [0.4, 0.5) is 5.13 Å². The predicted octanol–water partition coefficient (Wildman–Crippen LogP) is 3.66. The van der Waals surface area contributed by atoms with E-state index in [1.54, 1.807) is 11.3 Å². The van der Waals surface area contributed by atoms with Crippen LogP contribution in [0.25, 0.3) is 10.4 Å². The molecule has 2 rings (SSSR count). The summed E-state index contributed by atoms with van der Waals surface area (Å²) in [7, 11) is 0. The number of rotatable bonds is 5. The van der Waals surface area contributed by atoms with Crippen molar-refractivity contribution in [3.05, 3.63) is 18.6 Å². The van der Waals surface area contributed by atoms with Crippen LogP contribution in [-0.4, -0.2) is 21.3 Å². The standard InChI is InChI=1S/C13H20N4S/c1-9(2)5-14-13-15-7-12(18-13)11-6-16-17(8-11)10(3)4/h6-10H,5H2,1-4H3,(H,14,15). The van der Waals surface area contributed by atoms with Crippen molar-refractivity contribution in [1.82, 2.24) is 14.8 Å². The van der Waals surface area contributed by atoms with Crippen LogP contribution in [0.15, 0.2) is 18.6 Å².